The number of nitrogens with zero attached hydrogens (tertiary/aromatic N) is 1. The molecule has 1 unspecified atom stereocenters. The van der Waals surface area contributed by atoms with Crippen LogP contribution in [0.4, 0.5) is 0 Å². The third-order valence-electron chi connectivity index (χ3n) is 3.81. The molecular weight excluding hydrogens is 344 g/mol. The Bertz CT molecular complexity index is 1060. The smallest absolute Gasteiger partial charge is 0.271 e. The lowest BCUT2D eigenvalue weighted by atomic mass is 10.1. The Morgan fingerprint density at radius 1 is 1.32 bits per heavy atom. The van der Waals surface area contributed by atoms with Gasteiger partial charge >= 0.3 is 0 Å². The average Bonchev–Trinajstić information content (AvgIpc) is 2.97. The summed E-state index contributed by atoms with van der Waals surface area (Å²) in [6.45, 7) is 1.43. The third kappa shape index (κ3) is 3.21. The lowest BCUT2D eigenvalue weighted by Crippen LogP contribution is -2.30. The molecule has 0 radical (unpaired) electrons. The van der Waals surface area contributed by atoms with Crippen LogP contribution in [0, 0.1) is 0 Å². The van der Waals surface area contributed by atoms with E-state index in [4.69, 9.17) is 0 Å². The fraction of sp³-hybridized carbons (Fsp3) is 0.250. The molecule has 0 saturated carbocycles. The molecule has 0 bridgehead atoms. The van der Waals surface area contributed by atoms with Crippen molar-refractivity contribution in [2.45, 2.75) is 17.9 Å². The van der Waals surface area contributed by atoms with Gasteiger partial charge in [-0.1, -0.05) is 0 Å². The second-order valence-corrected chi connectivity index (χ2v) is 7.46. The number of carbonyl (C=O) groups is 1. The first kappa shape index (κ1) is 17.3. The van der Waals surface area contributed by atoms with Gasteiger partial charge in [-0.05, 0) is 31.2 Å². The van der Waals surface area contributed by atoms with Crippen LogP contribution in [-0.2, 0) is 10.0 Å². The highest BCUT2D eigenvalue weighted by Gasteiger charge is 2.18. The molecule has 3 aromatic rings. The lowest BCUT2D eigenvalue weighted by Gasteiger charge is -2.08. The number of sulfonamides is 1. The summed E-state index contributed by atoms with van der Waals surface area (Å²) < 4.78 is 27.1. The quantitative estimate of drug-likeness (QED) is 0.533. The normalized spacial score (nSPS) is 13.2. The van der Waals surface area contributed by atoms with Crippen LogP contribution in [0.1, 0.15) is 17.4 Å². The number of amides is 1. The van der Waals surface area contributed by atoms with E-state index in [1.165, 1.54) is 32.3 Å². The fourth-order valence-corrected chi connectivity index (χ4v) is 3.72. The number of hydrogen-bond acceptors (Lipinski definition) is 5. The summed E-state index contributed by atoms with van der Waals surface area (Å²) in [6.07, 6.45) is 0.723. The molecule has 0 aliphatic heterocycles. The summed E-state index contributed by atoms with van der Waals surface area (Å²) in [6, 6.07) is 6.36. The number of H-pyrrole nitrogens is 1. The summed E-state index contributed by atoms with van der Waals surface area (Å²) in [5, 5.41) is 13.2. The zero-order valence-electron chi connectivity index (χ0n) is 13.7. The number of benzene rings is 1. The van der Waals surface area contributed by atoms with Crippen molar-refractivity contribution >= 4 is 37.7 Å². The van der Waals surface area contributed by atoms with Crippen molar-refractivity contribution in [3.63, 3.8) is 0 Å². The van der Waals surface area contributed by atoms with Crippen molar-refractivity contribution in [1.82, 2.24) is 20.0 Å². The molecule has 2 aromatic heterocycles. The third-order valence-corrected chi connectivity index (χ3v) is 5.23. The van der Waals surface area contributed by atoms with Crippen LogP contribution in [0.2, 0.25) is 0 Å². The average molecular weight is 362 g/mol. The standard InChI is InChI=1S/C16H18N4O4S/c1-9(21)8-19-25(23,24)10-3-4-13-12(7-10)11-5-6-18-15(14(11)20-13)16(22)17-2/h3-7,9,19-21H,8H2,1-2H3,(H,17,22). The molecular formula is C16H18N4O4S. The maximum Gasteiger partial charge on any atom is 0.271 e. The highest BCUT2D eigenvalue weighted by Crippen LogP contribution is 2.28. The number of nitrogens with one attached hydrogen (secondary N) is 3. The number of aliphatic hydroxyl groups excluding tert-OH is 1. The van der Waals surface area contributed by atoms with E-state index >= 15 is 0 Å². The molecule has 1 amide bonds. The molecule has 132 valence electrons. The van der Waals surface area contributed by atoms with Gasteiger partial charge in [0.25, 0.3) is 5.91 Å². The number of hydrogen-bond donors (Lipinski definition) is 4. The van der Waals surface area contributed by atoms with Gasteiger partial charge < -0.3 is 15.4 Å². The van der Waals surface area contributed by atoms with Gasteiger partial charge in [-0.25, -0.2) is 18.1 Å². The minimum absolute atomic E-state index is 0.0704. The second kappa shape index (κ2) is 6.43. The molecule has 0 spiro atoms. The largest absolute Gasteiger partial charge is 0.392 e. The van der Waals surface area contributed by atoms with E-state index in [2.05, 4.69) is 20.0 Å². The Labute approximate surface area is 144 Å². The topological polar surface area (TPSA) is 124 Å². The van der Waals surface area contributed by atoms with Crippen LogP contribution in [0.25, 0.3) is 21.8 Å². The maximum absolute atomic E-state index is 12.4. The van der Waals surface area contributed by atoms with Crippen molar-refractivity contribution in [3.8, 4) is 0 Å². The molecule has 0 fully saturated rings. The summed E-state index contributed by atoms with van der Waals surface area (Å²) in [5.41, 5.74) is 1.49. The van der Waals surface area contributed by atoms with Crippen molar-refractivity contribution < 1.29 is 18.3 Å². The van der Waals surface area contributed by atoms with E-state index in [0.717, 1.165) is 0 Å². The molecule has 25 heavy (non-hydrogen) atoms. The van der Waals surface area contributed by atoms with Crippen LogP contribution in [0.5, 0.6) is 0 Å². The van der Waals surface area contributed by atoms with Gasteiger partial charge in [0.2, 0.25) is 10.0 Å². The van der Waals surface area contributed by atoms with Gasteiger partial charge in [-0.3, -0.25) is 4.79 Å². The number of aliphatic hydroxyl groups is 1. The number of aromatic amines is 1. The molecule has 0 aliphatic rings. The zero-order valence-corrected chi connectivity index (χ0v) is 14.5. The fourth-order valence-electron chi connectivity index (χ4n) is 2.57. The number of carbonyl (C=O) groups excluding carboxylic acids is 1. The first-order valence-electron chi connectivity index (χ1n) is 7.63. The lowest BCUT2D eigenvalue weighted by molar-refractivity contribution is 0.0960. The molecule has 1 atom stereocenters. The Balaban J connectivity index is 2.15. The van der Waals surface area contributed by atoms with Crippen molar-refractivity contribution in [1.29, 1.82) is 0 Å². The molecule has 3 rings (SSSR count). The van der Waals surface area contributed by atoms with Crippen LogP contribution >= 0.6 is 0 Å². The van der Waals surface area contributed by atoms with Crippen LogP contribution in [0.15, 0.2) is 35.4 Å². The summed E-state index contributed by atoms with van der Waals surface area (Å²) in [7, 11) is -2.23. The van der Waals surface area contributed by atoms with Crippen molar-refractivity contribution in [2.24, 2.45) is 0 Å². The molecule has 0 aliphatic carbocycles. The van der Waals surface area contributed by atoms with Crippen LogP contribution in [-0.4, -0.2) is 49.1 Å². The van der Waals surface area contributed by atoms with Gasteiger partial charge in [0.1, 0.15) is 0 Å². The predicted molar refractivity (Wildman–Crippen MR) is 93.9 cm³/mol. The molecule has 2 heterocycles. The van der Waals surface area contributed by atoms with E-state index < -0.39 is 16.1 Å². The highest BCUT2D eigenvalue weighted by molar-refractivity contribution is 7.89. The Hall–Kier alpha value is -2.49. The van der Waals surface area contributed by atoms with E-state index in [1.807, 2.05) is 0 Å². The zero-order chi connectivity index (χ0) is 18.2. The molecule has 0 saturated heterocycles. The van der Waals surface area contributed by atoms with Crippen LogP contribution in [0.3, 0.4) is 0 Å². The number of fused-ring (bicyclic) bond motifs is 3. The Morgan fingerprint density at radius 3 is 2.76 bits per heavy atom. The SMILES string of the molecule is CNC(=O)c1nccc2c1[nH]c1ccc(S(=O)(=O)NCC(C)O)cc12. The summed E-state index contributed by atoms with van der Waals surface area (Å²) in [5.74, 6) is -0.330. The van der Waals surface area contributed by atoms with Gasteiger partial charge in [-0.15, -0.1) is 0 Å². The van der Waals surface area contributed by atoms with E-state index in [9.17, 15) is 18.3 Å². The summed E-state index contributed by atoms with van der Waals surface area (Å²) >= 11 is 0. The Morgan fingerprint density at radius 2 is 2.08 bits per heavy atom. The number of rotatable bonds is 5. The van der Waals surface area contributed by atoms with E-state index in [-0.39, 0.29) is 23.0 Å². The van der Waals surface area contributed by atoms with Crippen molar-refractivity contribution in [3.05, 3.63) is 36.2 Å². The minimum Gasteiger partial charge on any atom is -0.392 e. The number of pyridine rings is 1. The van der Waals surface area contributed by atoms with E-state index in [0.29, 0.717) is 21.8 Å². The maximum atomic E-state index is 12.4. The molecule has 4 N–H and O–H groups in total. The van der Waals surface area contributed by atoms with Gasteiger partial charge in [-0.2, -0.15) is 0 Å². The summed E-state index contributed by atoms with van der Waals surface area (Å²) in [4.78, 5) is 19.2. The van der Waals surface area contributed by atoms with Crippen LogP contribution < -0.4 is 10.0 Å². The first-order chi connectivity index (χ1) is 11.8. The molecule has 1 aromatic carbocycles. The van der Waals surface area contributed by atoms with Gasteiger partial charge in [0.15, 0.2) is 5.69 Å². The predicted octanol–water partition coefficient (Wildman–Crippen LogP) is 0.735. The molecule has 8 nitrogen and oxygen atoms in total. The second-order valence-electron chi connectivity index (χ2n) is 5.69. The van der Waals surface area contributed by atoms with E-state index in [1.54, 1.807) is 12.1 Å². The highest BCUT2D eigenvalue weighted by atomic mass is 32.2. The van der Waals surface area contributed by atoms with Gasteiger partial charge in [0, 0.05) is 36.1 Å². The minimum atomic E-state index is -3.74. The molecule has 9 heteroatoms. The Kier molecular flexibility index (Phi) is 4.46. The first-order valence-corrected chi connectivity index (χ1v) is 9.12. The van der Waals surface area contributed by atoms with Gasteiger partial charge in [0.05, 0.1) is 16.5 Å². The van der Waals surface area contributed by atoms with Crippen molar-refractivity contribution in [2.75, 3.05) is 13.6 Å². The monoisotopic (exact) mass is 362 g/mol. The number of aromatic nitrogens is 2.